The second-order valence-corrected chi connectivity index (χ2v) is 5.78. The summed E-state index contributed by atoms with van der Waals surface area (Å²) in [6.07, 6.45) is 5.86. The first-order valence-corrected chi connectivity index (χ1v) is 7.58. The van der Waals surface area contributed by atoms with Gasteiger partial charge in [-0.3, -0.25) is 4.79 Å². The van der Waals surface area contributed by atoms with Crippen LogP contribution in [0.3, 0.4) is 0 Å². The van der Waals surface area contributed by atoms with Crippen molar-refractivity contribution in [1.82, 2.24) is 25.5 Å². The summed E-state index contributed by atoms with van der Waals surface area (Å²) in [5.74, 6) is 0.0654. The van der Waals surface area contributed by atoms with E-state index >= 15 is 0 Å². The first-order chi connectivity index (χ1) is 10.7. The molecule has 22 heavy (non-hydrogen) atoms. The highest BCUT2D eigenvalue weighted by Crippen LogP contribution is 2.17. The molecule has 3 N–H and O–H groups in total. The lowest BCUT2D eigenvalue weighted by molar-refractivity contribution is -0.121. The van der Waals surface area contributed by atoms with Gasteiger partial charge in [-0.2, -0.15) is 0 Å². The molecule has 0 atom stereocenters. The Kier molecular flexibility index (Phi) is 4.43. The van der Waals surface area contributed by atoms with Gasteiger partial charge in [-0.25, -0.2) is 4.68 Å². The third-order valence-electron chi connectivity index (χ3n) is 4.05. The van der Waals surface area contributed by atoms with E-state index in [4.69, 9.17) is 5.73 Å². The smallest absolute Gasteiger partial charge is 0.224 e. The number of nitrogens with two attached hydrogens (primary N) is 1. The standard InChI is InChI=1S/C15H20N6O/c16-12-3-5-13(6-4-12)18-15(22)9-11-1-7-14(8-2-11)21-10-17-19-20-21/h1-2,7-8,10,12-13H,3-6,9,16H2,(H,18,22). The van der Waals surface area contributed by atoms with E-state index in [0.717, 1.165) is 36.9 Å². The van der Waals surface area contributed by atoms with Gasteiger partial charge in [0.1, 0.15) is 6.33 Å². The van der Waals surface area contributed by atoms with Gasteiger partial charge in [-0.05, 0) is 53.8 Å². The van der Waals surface area contributed by atoms with Crippen molar-refractivity contribution in [3.05, 3.63) is 36.2 Å². The van der Waals surface area contributed by atoms with Crippen molar-refractivity contribution < 1.29 is 4.79 Å². The summed E-state index contributed by atoms with van der Waals surface area (Å²) in [5, 5.41) is 14.1. The molecule has 0 spiro atoms. The number of carbonyl (C=O) groups is 1. The minimum Gasteiger partial charge on any atom is -0.353 e. The SMILES string of the molecule is NC1CCC(NC(=O)Cc2ccc(-n3cnnn3)cc2)CC1. The fourth-order valence-electron chi connectivity index (χ4n) is 2.77. The van der Waals surface area contributed by atoms with Crippen molar-refractivity contribution in [1.29, 1.82) is 0 Å². The fraction of sp³-hybridized carbons (Fsp3) is 0.467. The van der Waals surface area contributed by atoms with Crippen LogP contribution in [0.5, 0.6) is 0 Å². The van der Waals surface area contributed by atoms with Crippen LogP contribution >= 0.6 is 0 Å². The predicted octanol–water partition coefficient (Wildman–Crippen LogP) is 0.591. The number of nitrogens with zero attached hydrogens (tertiary/aromatic N) is 4. The Balaban J connectivity index is 1.53. The number of hydrogen-bond donors (Lipinski definition) is 2. The highest BCUT2D eigenvalue weighted by molar-refractivity contribution is 5.78. The van der Waals surface area contributed by atoms with Gasteiger partial charge >= 0.3 is 0 Å². The Morgan fingerprint density at radius 2 is 1.95 bits per heavy atom. The van der Waals surface area contributed by atoms with Crippen LogP contribution < -0.4 is 11.1 Å². The number of hydrogen-bond acceptors (Lipinski definition) is 5. The van der Waals surface area contributed by atoms with E-state index in [9.17, 15) is 4.79 Å². The summed E-state index contributed by atoms with van der Waals surface area (Å²) in [4.78, 5) is 12.1. The fourth-order valence-corrected chi connectivity index (χ4v) is 2.77. The number of nitrogens with one attached hydrogen (secondary N) is 1. The van der Waals surface area contributed by atoms with Crippen LogP contribution in [0.4, 0.5) is 0 Å². The molecular formula is C15H20N6O. The molecular weight excluding hydrogens is 280 g/mol. The third-order valence-corrected chi connectivity index (χ3v) is 4.05. The molecule has 0 aliphatic heterocycles. The monoisotopic (exact) mass is 300 g/mol. The van der Waals surface area contributed by atoms with E-state index in [1.807, 2.05) is 24.3 Å². The highest BCUT2D eigenvalue weighted by atomic mass is 16.1. The van der Waals surface area contributed by atoms with E-state index < -0.39 is 0 Å². The molecule has 116 valence electrons. The normalized spacial score (nSPS) is 21.5. The average Bonchev–Trinajstić information content (AvgIpc) is 3.05. The Morgan fingerprint density at radius 1 is 1.23 bits per heavy atom. The van der Waals surface area contributed by atoms with Gasteiger partial charge in [-0.15, -0.1) is 5.10 Å². The van der Waals surface area contributed by atoms with Crippen molar-refractivity contribution in [3.63, 3.8) is 0 Å². The van der Waals surface area contributed by atoms with Gasteiger partial charge in [0.25, 0.3) is 0 Å². The molecule has 7 heteroatoms. The lowest BCUT2D eigenvalue weighted by Gasteiger charge is -2.26. The van der Waals surface area contributed by atoms with Crippen LogP contribution in [-0.4, -0.2) is 38.2 Å². The molecule has 1 aliphatic rings. The minimum atomic E-state index is 0.0654. The quantitative estimate of drug-likeness (QED) is 0.861. The van der Waals surface area contributed by atoms with E-state index in [-0.39, 0.29) is 11.9 Å². The maximum absolute atomic E-state index is 12.1. The Bertz CT molecular complexity index is 601. The average molecular weight is 300 g/mol. The molecule has 3 rings (SSSR count). The van der Waals surface area contributed by atoms with Crippen LogP contribution in [0.2, 0.25) is 0 Å². The zero-order valence-electron chi connectivity index (χ0n) is 12.4. The number of benzene rings is 1. The second-order valence-electron chi connectivity index (χ2n) is 5.78. The number of aromatic nitrogens is 4. The summed E-state index contributed by atoms with van der Waals surface area (Å²) in [6.45, 7) is 0. The molecule has 7 nitrogen and oxygen atoms in total. The topological polar surface area (TPSA) is 98.7 Å². The lowest BCUT2D eigenvalue weighted by atomic mass is 9.91. The summed E-state index contributed by atoms with van der Waals surface area (Å²) in [7, 11) is 0. The van der Waals surface area contributed by atoms with E-state index in [1.165, 1.54) is 6.33 Å². The van der Waals surface area contributed by atoms with Crippen molar-refractivity contribution in [2.45, 2.75) is 44.2 Å². The summed E-state index contributed by atoms with van der Waals surface area (Å²) >= 11 is 0. The maximum Gasteiger partial charge on any atom is 0.224 e. The van der Waals surface area contributed by atoms with Crippen molar-refractivity contribution in [3.8, 4) is 5.69 Å². The molecule has 1 fully saturated rings. The molecule has 0 saturated heterocycles. The molecule has 1 aromatic carbocycles. The molecule has 0 radical (unpaired) electrons. The van der Waals surface area contributed by atoms with Gasteiger partial charge in [0.05, 0.1) is 12.1 Å². The number of carbonyl (C=O) groups excluding carboxylic acids is 1. The van der Waals surface area contributed by atoms with E-state index in [0.29, 0.717) is 12.5 Å². The highest BCUT2D eigenvalue weighted by Gasteiger charge is 2.19. The van der Waals surface area contributed by atoms with Gasteiger partial charge in [0.15, 0.2) is 0 Å². The largest absolute Gasteiger partial charge is 0.353 e. The van der Waals surface area contributed by atoms with Crippen molar-refractivity contribution >= 4 is 5.91 Å². The molecule has 1 aliphatic carbocycles. The molecule has 1 aromatic heterocycles. The molecule has 1 amide bonds. The molecule has 0 bridgehead atoms. The first-order valence-electron chi connectivity index (χ1n) is 7.58. The minimum absolute atomic E-state index is 0.0654. The number of tetrazole rings is 1. The Labute approximate surface area is 128 Å². The van der Waals surface area contributed by atoms with Crippen LogP contribution in [0, 0.1) is 0 Å². The van der Waals surface area contributed by atoms with Crippen LogP contribution in [0.15, 0.2) is 30.6 Å². The van der Waals surface area contributed by atoms with Gasteiger partial charge in [-0.1, -0.05) is 12.1 Å². The van der Waals surface area contributed by atoms with Crippen molar-refractivity contribution in [2.75, 3.05) is 0 Å². The number of amides is 1. The Morgan fingerprint density at radius 3 is 2.59 bits per heavy atom. The van der Waals surface area contributed by atoms with E-state index in [2.05, 4.69) is 20.8 Å². The molecule has 1 saturated carbocycles. The maximum atomic E-state index is 12.1. The van der Waals surface area contributed by atoms with Crippen LogP contribution in [0.1, 0.15) is 31.2 Å². The molecule has 2 aromatic rings. The lowest BCUT2D eigenvalue weighted by Crippen LogP contribution is -2.41. The van der Waals surface area contributed by atoms with Gasteiger partial charge < -0.3 is 11.1 Å². The van der Waals surface area contributed by atoms with Crippen LogP contribution in [-0.2, 0) is 11.2 Å². The predicted molar refractivity (Wildman–Crippen MR) is 81.2 cm³/mol. The zero-order valence-corrected chi connectivity index (χ0v) is 12.4. The first kappa shape index (κ1) is 14.6. The zero-order chi connectivity index (χ0) is 15.4. The third kappa shape index (κ3) is 3.67. The number of rotatable bonds is 4. The summed E-state index contributed by atoms with van der Waals surface area (Å²) in [5.41, 5.74) is 7.72. The van der Waals surface area contributed by atoms with Crippen LogP contribution in [0.25, 0.3) is 5.69 Å². The van der Waals surface area contributed by atoms with Gasteiger partial charge in [0.2, 0.25) is 5.91 Å². The summed E-state index contributed by atoms with van der Waals surface area (Å²) < 4.78 is 1.58. The van der Waals surface area contributed by atoms with E-state index in [1.54, 1.807) is 4.68 Å². The molecule has 1 heterocycles. The van der Waals surface area contributed by atoms with Gasteiger partial charge in [0, 0.05) is 12.1 Å². The Hall–Kier alpha value is -2.28. The molecule has 0 unspecified atom stereocenters. The van der Waals surface area contributed by atoms with Crippen molar-refractivity contribution in [2.24, 2.45) is 5.73 Å². The second kappa shape index (κ2) is 6.65. The summed E-state index contributed by atoms with van der Waals surface area (Å²) in [6, 6.07) is 8.22.